The number of hydrogen-bond donors (Lipinski definition) is 2. The molecule has 0 radical (unpaired) electrons. The minimum Gasteiger partial charge on any atom is -0.323 e. The van der Waals surface area contributed by atoms with Crippen LogP contribution in [0.1, 0.15) is 30.4 Å². The molecule has 0 saturated carbocycles. The van der Waals surface area contributed by atoms with Crippen molar-refractivity contribution < 1.29 is 4.79 Å². The monoisotopic (exact) mass is 305 g/mol. The van der Waals surface area contributed by atoms with Gasteiger partial charge in [-0.1, -0.05) is 36.4 Å². The lowest BCUT2D eigenvalue weighted by Crippen LogP contribution is -2.14. The summed E-state index contributed by atoms with van der Waals surface area (Å²) in [7, 11) is 0. The summed E-state index contributed by atoms with van der Waals surface area (Å²) in [5.41, 5.74) is 4.81. The third-order valence-electron chi connectivity index (χ3n) is 3.98. The molecule has 0 aromatic heterocycles. The second-order valence-corrected chi connectivity index (χ2v) is 5.53. The molecule has 2 aromatic rings. The normalized spacial score (nSPS) is 14.4. The standard InChI is InChI=1S/C19H19N3O/c20-21-13-14-6-4-7-15(12-14)17-10-5-11-18(17)19(23)22-16-8-2-1-3-9-16/h1-4,6-9,12-13H,5,10-11,20H2,(H,22,23)/b21-13+. The number of rotatable bonds is 4. The molecule has 0 spiro atoms. The predicted octanol–water partition coefficient (Wildman–Crippen LogP) is 3.56. The molecule has 4 heteroatoms. The average molecular weight is 305 g/mol. The quantitative estimate of drug-likeness (QED) is 0.515. The summed E-state index contributed by atoms with van der Waals surface area (Å²) in [5, 5.41) is 6.54. The summed E-state index contributed by atoms with van der Waals surface area (Å²) in [6.07, 6.45) is 4.34. The third-order valence-corrected chi connectivity index (χ3v) is 3.98. The Morgan fingerprint density at radius 1 is 1.09 bits per heavy atom. The minimum absolute atomic E-state index is 0.0124. The van der Waals surface area contributed by atoms with Gasteiger partial charge in [-0.15, -0.1) is 0 Å². The van der Waals surface area contributed by atoms with Gasteiger partial charge in [-0.25, -0.2) is 0 Å². The molecule has 116 valence electrons. The van der Waals surface area contributed by atoms with Gasteiger partial charge in [-0.3, -0.25) is 4.79 Å². The van der Waals surface area contributed by atoms with Gasteiger partial charge in [0.05, 0.1) is 6.21 Å². The maximum atomic E-state index is 12.6. The van der Waals surface area contributed by atoms with Crippen molar-refractivity contribution in [1.82, 2.24) is 0 Å². The first-order valence-corrected chi connectivity index (χ1v) is 7.70. The Labute approximate surface area is 135 Å². The molecule has 3 rings (SSSR count). The highest BCUT2D eigenvalue weighted by atomic mass is 16.1. The number of nitrogens with one attached hydrogen (secondary N) is 1. The average Bonchev–Trinajstić information content (AvgIpc) is 3.06. The minimum atomic E-state index is -0.0124. The smallest absolute Gasteiger partial charge is 0.251 e. The largest absolute Gasteiger partial charge is 0.323 e. The summed E-state index contributed by atoms with van der Waals surface area (Å²) in [4.78, 5) is 12.6. The van der Waals surface area contributed by atoms with Crippen molar-refractivity contribution in [2.45, 2.75) is 19.3 Å². The van der Waals surface area contributed by atoms with E-state index in [-0.39, 0.29) is 5.91 Å². The summed E-state index contributed by atoms with van der Waals surface area (Å²) < 4.78 is 0. The van der Waals surface area contributed by atoms with Crippen LogP contribution in [-0.4, -0.2) is 12.1 Å². The highest BCUT2D eigenvalue weighted by Gasteiger charge is 2.22. The molecule has 0 heterocycles. The molecule has 0 aliphatic heterocycles. The topological polar surface area (TPSA) is 67.5 Å². The first-order valence-electron chi connectivity index (χ1n) is 7.70. The molecular formula is C19H19N3O. The highest BCUT2D eigenvalue weighted by Crippen LogP contribution is 2.34. The Bertz CT molecular complexity index is 763. The van der Waals surface area contributed by atoms with Crippen LogP contribution in [-0.2, 0) is 4.79 Å². The number of nitrogens with zero attached hydrogens (tertiary/aromatic N) is 1. The van der Waals surface area contributed by atoms with Gasteiger partial charge >= 0.3 is 0 Å². The first kappa shape index (κ1) is 15.0. The Kier molecular flexibility index (Phi) is 4.52. The van der Waals surface area contributed by atoms with Gasteiger partial charge in [0.25, 0.3) is 5.91 Å². The molecule has 0 unspecified atom stereocenters. The van der Waals surface area contributed by atoms with Crippen molar-refractivity contribution in [3.05, 3.63) is 71.3 Å². The van der Waals surface area contributed by atoms with E-state index < -0.39 is 0 Å². The Morgan fingerprint density at radius 2 is 1.91 bits per heavy atom. The van der Waals surface area contributed by atoms with Gasteiger partial charge in [0.2, 0.25) is 0 Å². The maximum absolute atomic E-state index is 12.6. The number of allylic oxidation sites excluding steroid dienone is 1. The van der Waals surface area contributed by atoms with E-state index in [2.05, 4.69) is 10.4 Å². The molecular weight excluding hydrogens is 286 g/mol. The first-order chi connectivity index (χ1) is 11.3. The van der Waals surface area contributed by atoms with E-state index in [4.69, 9.17) is 5.84 Å². The second kappa shape index (κ2) is 6.92. The van der Waals surface area contributed by atoms with Gasteiger partial charge < -0.3 is 11.2 Å². The van der Waals surface area contributed by atoms with Crippen molar-refractivity contribution in [2.75, 3.05) is 5.32 Å². The Morgan fingerprint density at radius 3 is 2.70 bits per heavy atom. The lowest BCUT2D eigenvalue weighted by Gasteiger charge is -2.10. The van der Waals surface area contributed by atoms with Crippen LogP contribution < -0.4 is 11.2 Å². The molecule has 0 fully saturated rings. The molecule has 1 aliphatic carbocycles. The predicted molar refractivity (Wildman–Crippen MR) is 94.1 cm³/mol. The van der Waals surface area contributed by atoms with Crippen LogP contribution in [0.2, 0.25) is 0 Å². The molecule has 3 N–H and O–H groups in total. The fraction of sp³-hybridized carbons (Fsp3) is 0.158. The van der Waals surface area contributed by atoms with Gasteiger partial charge in [0.15, 0.2) is 0 Å². The van der Waals surface area contributed by atoms with E-state index in [9.17, 15) is 4.79 Å². The van der Waals surface area contributed by atoms with E-state index in [1.807, 2.05) is 54.6 Å². The number of nitrogens with two attached hydrogens (primary N) is 1. The fourth-order valence-electron chi connectivity index (χ4n) is 2.93. The van der Waals surface area contributed by atoms with Crippen LogP contribution in [0.3, 0.4) is 0 Å². The maximum Gasteiger partial charge on any atom is 0.251 e. The van der Waals surface area contributed by atoms with Crippen LogP contribution in [0.4, 0.5) is 5.69 Å². The number of para-hydroxylation sites is 1. The van der Waals surface area contributed by atoms with Crippen LogP contribution >= 0.6 is 0 Å². The van der Waals surface area contributed by atoms with Crippen LogP contribution in [0, 0.1) is 0 Å². The van der Waals surface area contributed by atoms with E-state index in [0.717, 1.165) is 47.2 Å². The molecule has 1 aliphatic rings. The van der Waals surface area contributed by atoms with Crippen molar-refractivity contribution in [1.29, 1.82) is 0 Å². The Hall–Kier alpha value is -2.88. The van der Waals surface area contributed by atoms with Gasteiger partial charge in [-0.05, 0) is 54.2 Å². The fourth-order valence-corrected chi connectivity index (χ4v) is 2.93. The number of hydrogen-bond acceptors (Lipinski definition) is 3. The number of hydrazone groups is 1. The number of anilines is 1. The lowest BCUT2D eigenvalue weighted by molar-refractivity contribution is -0.112. The molecule has 4 nitrogen and oxygen atoms in total. The van der Waals surface area contributed by atoms with Gasteiger partial charge in [0.1, 0.15) is 0 Å². The Balaban J connectivity index is 1.89. The van der Waals surface area contributed by atoms with Gasteiger partial charge in [0, 0.05) is 11.3 Å². The zero-order valence-corrected chi connectivity index (χ0v) is 12.8. The van der Waals surface area contributed by atoms with Gasteiger partial charge in [-0.2, -0.15) is 5.10 Å². The highest BCUT2D eigenvalue weighted by molar-refractivity contribution is 6.09. The van der Waals surface area contributed by atoms with Crippen LogP contribution in [0.5, 0.6) is 0 Å². The molecule has 1 amide bonds. The number of amides is 1. The zero-order valence-electron chi connectivity index (χ0n) is 12.8. The van der Waals surface area contributed by atoms with Crippen molar-refractivity contribution in [2.24, 2.45) is 10.9 Å². The summed E-state index contributed by atoms with van der Waals surface area (Å²) in [6.45, 7) is 0. The summed E-state index contributed by atoms with van der Waals surface area (Å²) in [5.74, 6) is 5.21. The van der Waals surface area contributed by atoms with Crippen LogP contribution in [0.15, 0.2) is 65.3 Å². The second-order valence-electron chi connectivity index (χ2n) is 5.53. The number of benzene rings is 2. The third kappa shape index (κ3) is 3.48. The number of carbonyl (C=O) groups is 1. The van der Waals surface area contributed by atoms with E-state index >= 15 is 0 Å². The van der Waals surface area contributed by atoms with E-state index in [1.165, 1.54) is 0 Å². The van der Waals surface area contributed by atoms with Crippen molar-refractivity contribution in [3.8, 4) is 0 Å². The molecule has 2 aromatic carbocycles. The van der Waals surface area contributed by atoms with Crippen LogP contribution in [0.25, 0.3) is 5.57 Å². The van der Waals surface area contributed by atoms with Crippen molar-refractivity contribution >= 4 is 23.4 Å². The molecule has 0 saturated heterocycles. The SMILES string of the molecule is N/N=C/c1cccc(C2=C(C(=O)Nc3ccccc3)CCC2)c1. The lowest BCUT2D eigenvalue weighted by atomic mass is 9.99. The van der Waals surface area contributed by atoms with E-state index in [1.54, 1.807) is 6.21 Å². The molecule has 0 bridgehead atoms. The zero-order chi connectivity index (χ0) is 16.1. The number of carbonyl (C=O) groups excluding carboxylic acids is 1. The van der Waals surface area contributed by atoms with Crippen molar-refractivity contribution in [3.63, 3.8) is 0 Å². The summed E-state index contributed by atoms with van der Waals surface area (Å²) >= 11 is 0. The summed E-state index contributed by atoms with van der Waals surface area (Å²) in [6, 6.07) is 17.5. The van der Waals surface area contributed by atoms with E-state index in [0.29, 0.717) is 0 Å². The molecule has 23 heavy (non-hydrogen) atoms. The molecule has 0 atom stereocenters.